The molecule has 1 rings (SSSR count). The Morgan fingerprint density at radius 1 is 1.50 bits per heavy atom. The van der Waals surface area contributed by atoms with Crippen LogP contribution in [0.3, 0.4) is 0 Å². The quantitative estimate of drug-likeness (QED) is 0.739. The van der Waals surface area contributed by atoms with Crippen LogP contribution in [0.25, 0.3) is 0 Å². The Labute approximate surface area is 87.5 Å². The lowest BCUT2D eigenvalue weighted by Crippen LogP contribution is -2.51. The Hall–Kier alpha value is -0.110. The van der Waals surface area contributed by atoms with Crippen LogP contribution in [0.4, 0.5) is 4.39 Å². The smallest absolute Gasteiger partial charge is 0.126 e. The first-order valence-corrected chi connectivity index (χ1v) is 5.92. The topological polar surface area (TPSA) is 12.0 Å². The summed E-state index contributed by atoms with van der Waals surface area (Å²) < 4.78 is 14.5. The van der Waals surface area contributed by atoms with Gasteiger partial charge in [-0.05, 0) is 31.6 Å². The number of halogens is 1. The number of alkyl halides is 1. The second kappa shape index (κ2) is 4.61. The van der Waals surface area contributed by atoms with Crippen molar-refractivity contribution >= 4 is 0 Å². The Kier molecular flexibility index (Phi) is 3.94. The molecule has 0 aromatic rings. The highest BCUT2D eigenvalue weighted by Crippen LogP contribution is 2.36. The molecule has 0 saturated carbocycles. The van der Waals surface area contributed by atoms with E-state index in [1.165, 1.54) is 0 Å². The third-order valence-corrected chi connectivity index (χ3v) is 4.05. The molecule has 0 spiro atoms. The van der Waals surface area contributed by atoms with Gasteiger partial charge in [-0.15, -0.1) is 0 Å². The standard InChI is InChI=1S/C12H24FN/c1-5-9(2)11(4)12(13)7-6-10(3)14-8-12/h9-11,14H,5-8H2,1-4H3. The summed E-state index contributed by atoms with van der Waals surface area (Å²) in [6, 6.07) is 0.489. The number of rotatable bonds is 3. The lowest BCUT2D eigenvalue weighted by molar-refractivity contribution is 0.0235. The Morgan fingerprint density at radius 2 is 2.14 bits per heavy atom. The molecule has 1 aliphatic rings. The van der Waals surface area contributed by atoms with Gasteiger partial charge in [0.2, 0.25) is 0 Å². The predicted octanol–water partition coefficient (Wildman–Crippen LogP) is 3.15. The van der Waals surface area contributed by atoms with Gasteiger partial charge >= 0.3 is 0 Å². The van der Waals surface area contributed by atoms with Crippen molar-refractivity contribution < 1.29 is 4.39 Å². The van der Waals surface area contributed by atoms with Crippen molar-refractivity contribution in [3.63, 3.8) is 0 Å². The molecule has 84 valence electrons. The van der Waals surface area contributed by atoms with Crippen molar-refractivity contribution in [1.29, 1.82) is 0 Å². The Bertz CT molecular complexity index is 173. The van der Waals surface area contributed by atoms with Crippen LogP contribution in [0, 0.1) is 11.8 Å². The SMILES string of the molecule is CCC(C)C(C)C1(F)CCC(C)NC1. The molecule has 0 aromatic carbocycles. The molecule has 2 heteroatoms. The molecule has 4 atom stereocenters. The molecule has 1 saturated heterocycles. The van der Waals surface area contributed by atoms with Gasteiger partial charge < -0.3 is 5.32 Å². The summed E-state index contributed by atoms with van der Waals surface area (Å²) in [4.78, 5) is 0. The zero-order valence-electron chi connectivity index (χ0n) is 9.94. The molecule has 1 N–H and O–H groups in total. The van der Waals surface area contributed by atoms with Crippen molar-refractivity contribution in [3.8, 4) is 0 Å². The first kappa shape index (κ1) is 12.0. The maximum absolute atomic E-state index is 14.5. The van der Waals surface area contributed by atoms with Crippen LogP contribution in [0.1, 0.15) is 47.0 Å². The van der Waals surface area contributed by atoms with Gasteiger partial charge in [0.25, 0.3) is 0 Å². The maximum Gasteiger partial charge on any atom is 0.126 e. The highest BCUT2D eigenvalue weighted by molar-refractivity contribution is 4.93. The maximum atomic E-state index is 14.5. The normalized spacial score (nSPS) is 37.9. The van der Waals surface area contributed by atoms with Crippen LogP contribution in [-0.4, -0.2) is 18.3 Å². The minimum atomic E-state index is -0.970. The molecule has 1 fully saturated rings. The van der Waals surface area contributed by atoms with Crippen LogP contribution >= 0.6 is 0 Å². The summed E-state index contributed by atoms with van der Waals surface area (Å²) in [5, 5.41) is 3.26. The summed E-state index contributed by atoms with van der Waals surface area (Å²) in [6.45, 7) is 9.03. The fourth-order valence-corrected chi connectivity index (χ4v) is 2.24. The van der Waals surface area contributed by atoms with Crippen LogP contribution in [-0.2, 0) is 0 Å². The fraction of sp³-hybridized carbons (Fsp3) is 1.00. The van der Waals surface area contributed by atoms with Gasteiger partial charge in [-0.2, -0.15) is 0 Å². The minimum absolute atomic E-state index is 0.174. The summed E-state index contributed by atoms with van der Waals surface area (Å²) in [5.74, 6) is 0.655. The predicted molar refractivity (Wildman–Crippen MR) is 59.2 cm³/mol. The van der Waals surface area contributed by atoms with E-state index in [0.29, 0.717) is 18.5 Å². The van der Waals surface area contributed by atoms with Gasteiger partial charge in [-0.1, -0.05) is 27.2 Å². The first-order chi connectivity index (χ1) is 6.49. The van der Waals surface area contributed by atoms with E-state index in [9.17, 15) is 4.39 Å². The van der Waals surface area contributed by atoms with E-state index in [4.69, 9.17) is 0 Å². The highest BCUT2D eigenvalue weighted by Gasteiger charge is 2.40. The fourth-order valence-electron chi connectivity index (χ4n) is 2.24. The van der Waals surface area contributed by atoms with E-state index in [0.717, 1.165) is 19.3 Å². The molecule has 1 aliphatic heterocycles. The summed E-state index contributed by atoms with van der Waals surface area (Å²) >= 11 is 0. The molecule has 0 bridgehead atoms. The molecular weight excluding hydrogens is 177 g/mol. The van der Waals surface area contributed by atoms with Crippen LogP contribution in [0.15, 0.2) is 0 Å². The van der Waals surface area contributed by atoms with Crippen molar-refractivity contribution in [2.45, 2.75) is 58.7 Å². The number of piperidine rings is 1. The van der Waals surface area contributed by atoms with Crippen LogP contribution < -0.4 is 5.32 Å². The van der Waals surface area contributed by atoms with E-state index in [1.807, 2.05) is 0 Å². The van der Waals surface area contributed by atoms with Gasteiger partial charge in [-0.3, -0.25) is 0 Å². The number of hydrogen-bond acceptors (Lipinski definition) is 1. The average Bonchev–Trinajstić information content (AvgIpc) is 2.20. The monoisotopic (exact) mass is 201 g/mol. The van der Waals surface area contributed by atoms with E-state index < -0.39 is 5.67 Å². The van der Waals surface area contributed by atoms with Crippen LogP contribution in [0.5, 0.6) is 0 Å². The average molecular weight is 201 g/mol. The van der Waals surface area contributed by atoms with Crippen molar-refractivity contribution in [3.05, 3.63) is 0 Å². The lowest BCUT2D eigenvalue weighted by atomic mass is 9.75. The van der Waals surface area contributed by atoms with Crippen LogP contribution in [0.2, 0.25) is 0 Å². The minimum Gasteiger partial charge on any atom is -0.311 e. The van der Waals surface area contributed by atoms with Gasteiger partial charge in [0.15, 0.2) is 0 Å². The van der Waals surface area contributed by atoms with Crippen molar-refractivity contribution in [2.24, 2.45) is 11.8 Å². The Balaban J connectivity index is 2.56. The van der Waals surface area contributed by atoms with Gasteiger partial charge in [0.05, 0.1) is 0 Å². The van der Waals surface area contributed by atoms with Gasteiger partial charge in [0.1, 0.15) is 5.67 Å². The largest absolute Gasteiger partial charge is 0.311 e. The molecule has 0 amide bonds. The van der Waals surface area contributed by atoms with Crippen molar-refractivity contribution in [2.75, 3.05) is 6.54 Å². The molecule has 0 aliphatic carbocycles. The summed E-state index contributed by atoms with van der Waals surface area (Å²) in [5.41, 5.74) is -0.970. The zero-order chi connectivity index (χ0) is 10.8. The van der Waals surface area contributed by atoms with Gasteiger partial charge in [0, 0.05) is 12.6 Å². The molecule has 1 heterocycles. The number of hydrogen-bond donors (Lipinski definition) is 1. The molecule has 1 nitrogen and oxygen atoms in total. The van der Waals surface area contributed by atoms with Crippen molar-refractivity contribution in [1.82, 2.24) is 5.32 Å². The second-order valence-electron chi connectivity index (χ2n) is 5.03. The number of nitrogens with one attached hydrogen (secondary N) is 1. The lowest BCUT2D eigenvalue weighted by Gasteiger charge is -2.40. The molecular formula is C12H24FN. The highest BCUT2D eigenvalue weighted by atomic mass is 19.1. The zero-order valence-corrected chi connectivity index (χ0v) is 9.94. The van der Waals surface area contributed by atoms with Gasteiger partial charge in [-0.25, -0.2) is 4.39 Å². The molecule has 0 radical (unpaired) electrons. The first-order valence-electron chi connectivity index (χ1n) is 5.92. The summed E-state index contributed by atoms with van der Waals surface area (Å²) in [7, 11) is 0. The molecule has 14 heavy (non-hydrogen) atoms. The third-order valence-electron chi connectivity index (χ3n) is 4.05. The van der Waals surface area contributed by atoms with E-state index in [2.05, 4.69) is 33.0 Å². The van der Waals surface area contributed by atoms with E-state index >= 15 is 0 Å². The third kappa shape index (κ3) is 2.47. The molecule has 0 aromatic heterocycles. The second-order valence-corrected chi connectivity index (χ2v) is 5.03. The van der Waals surface area contributed by atoms with E-state index in [1.54, 1.807) is 0 Å². The summed E-state index contributed by atoms with van der Waals surface area (Å²) in [6.07, 6.45) is 2.77. The van der Waals surface area contributed by atoms with E-state index in [-0.39, 0.29) is 5.92 Å². The molecule has 4 unspecified atom stereocenters. The Morgan fingerprint density at radius 3 is 2.57 bits per heavy atom.